The third-order valence-electron chi connectivity index (χ3n) is 3.52. The number of aromatic nitrogens is 1. The second kappa shape index (κ2) is 4.41. The van der Waals surface area contributed by atoms with E-state index in [0.717, 1.165) is 12.3 Å². The molecule has 0 radical (unpaired) electrons. The quantitative estimate of drug-likeness (QED) is 0.630. The van der Waals surface area contributed by atoms with E-state index in [1.54, 1.807) is 0 Å². The van der Waals surface area contributed by atoms with Crippen molar-refractivity contribution in [2.24, 2.45) is 0 Å². The van der Waals surface area contributed by atoms with E-state index in [-0.39, 0.29) is 17.0 Å². The van der Waals surface area contributed by atoms with Crippen LogP contribution in [0.5, 0.6) is 0 Å². The van der Waals surface area contributed by atoms with Crippen LogP contribution in [0.2, 0.25) is 0 Å². The SMILES string of the molecule is O=Cc1cn(C2CC2)c2c(C(F)(F)F)c(F)ccc2c1=O. The maximum absolute atomic E-state index is 13.7. The van der Waals surface area contributed by atoms with Gasteiger partial charge in [0.05, 0.1) is 11.1 Å². The van der Waals surface area contributed by atoms with Gasteiger partial charge in [0.1, 0.15) is 11.4 Å². The number of aldehydes is 1. The minimum Gasteiger partial charge on any atom is -0.343 e. The van der Waals surface area contributed by atoms with Crippen molar-refractivity contribution >= 4 is 17.2 Å². The number of rotatable bonds is 2. The average molecular weight is 299 g/mol. The number of pyridine rings is 1. The smallest absolute Gasteiger partial charge is 0.343 e. The minimum absolute atomic E-state index is 0.228. The van der Waals surface area contributed by atoms with Gasteiger partial charge in [-0.2, -0.15) is 13.2 Å². The Labute approximate surface area is 115 Å². The van der Waals surface area contributed by atoms with Gasteiger partial charge >= 0.3 is 6.18 Å². The second-order valence-electron chi connectivity index (χ2n) is 4.99. The van der Waals surface area contributed by atoms with Crippen molar-refractivity contribution in [3.63, 3.8) is 0 Å². The first-order valence-electron chi connectivity index (χ1n) is 6.24. The van der Waals surface area contributed by atoms with Crippen molar-refractivity contribution in [3.8, 4) is 0 Å². The van der Waals surface area contributed by atoms with E-state index in [0.29, 0.717) is 25.2 Å². The molecule has 0 bridgehead atoms. The van der Waals surface area contributed by atoms with Crippen LogP contribution in [0.3, 0.4) is 0 Å². The monoisotopic (exact) mass is 299 g/mol. The molecule has 21 heavy (non-hydrogen) atoms. The van der Waals surface area contributed by atoms with Crippen LogP contribution in [0.1, 0.15) is 34.8 Å². The third kappa shape index (κ3) is 2.12. The number of hydrogen-bond acceptors (Lipinski definition) is 2. The van der Waals surface area contributed by atoms with Crippen molar-refractivity contribution in [3.05, 3.63) is 45.5 Å². The van der Waals surface area contributed by atoms with E-state index < -0.39 is 28.5 Å². The van der Waals surface area contributed by atoms with Gasteiger partial charge in [-0.05, 0) is 25.0 Å². The Balaban J connectivity index is 2.53. The fourth-order valence-corrected chi connectivity index (χ4v) is 2.44. The summed E-state index contributed by atoms with van der Waals surface area (Å²) < 4.78 is 54.3. The molecule has 3 nitrogen and oxygen atoms in total. The predicted molar refractivity (Wildman–Crippen MR) is 66.8 cm³/mol. The van der Waals surface area contributed by atoms with Gasteiger partial charge in [0, 0.05) is 17.6 Å². The van der Waals surface area contributed by atoms with Crippen molar-refractivity contribution in [2.75, 3.05) is 0 Å². The summed E-state index contributed by atoms with van der Waals surface area (Å²) in [4.78, 5) is 22.9. The fourth-order valence-electron chi connectivity index (χ4n) is 2.44. The van der Waals surface area contributed by atoms with Crippen LogP contribution < -0.4 is 5.43 Å². The second-order valence-corrected chi connectivity index (χ2v) is 4.99. The van der Waals surface area contributed by atoms with E-state index in [9.17, 15) is 27.2 Å². The number of fused-ring (bicyclic) bond motifs is 1. The number of alkyl halides is 3. The van der Waals surface area contributed by atoms with Gasteiger partial charge in [-0.15, -0.1) is 0 Å². The molecule has 1 aromatic heterocycles. The molecule has 1 fully saturated rings. The number of carbonyl (C=O) groups excluding carboxylic acids is 1. The van der Waals surface area contributed by atoms with Crippen molar-refractivity contribution in [1.82, 2.24) is 4.57 Å². The molecule has 1 saturated carbocycles. The molecule has 7 heteroatoms. The molecule has 1 heterocycles. The summed E-state index contributed by atoms with van der Waals surface area (Å²) in [5.74, 6) is -1.43. The standard InChI is InChI=1S/C14H9F4NO2/c15-10-4-3-9-12(11(10)14(16,17)18)19(8-1-2-8)5-7(6-20)13(9)21/h3-6,8H,1-2H2. The van der Waals surface area contributed by atoms with Gasteiger partial charge in [-0.3, -0.25) is 9.59 Å². The van der Waals surface area contributed by atoms with Gasteiger partial charge < -0.3 is 4.57 Å². The Morgan fingerprint density at radius 2 is 1.90 bits per heavy atom. The topological polar surface area (TPSA) is 39.1 Å². The first kappa shape index (κ1) is 13.8. The average Bonchev–Trinajstić information content (AvgIpc) is 3.21. The lowest BCUT2D eigenvalue weighted by Crippen LogP contribution is -2.19. The Kier molecular flexibility index (Phi) is 2.89. The lowest BCUT2D eigenvalue weighted by Gasteiger charge is -2.17. The van der Waals surface area contributed by atoms with E-state index in [1.807, 2.05) is 0 Å². The fraction of sp³-hybridized carbons (Fsp3) is 0.286. The molecule has 3 rings (SSSR count). The summed E-state index contributed by atoms with van der Waals surface area (Å²) in [6.45, 7) is 0. The van der Waals surface area contributed by atoms with E-state index >= 15 is 0 Å². The number of nitrogens with zero attached hydrogens (tertiary/aromatic N) is 1. The number of benzene rings is 1. The van der Waals surface area contributed by atoms with Crippen LogP contribution in [0, 0.1) is 5.82 Å². The van der Waals surface area contributed by atoms with Crippen molar-refractivity contribution < 1.29 is 22.4 Å². The number of halogens is 4. The van der Waals surface area contributed by atoms with Gasteiger partial charge in [0.25, 0.3) is 0 Å². The summed E-state index contributed by atoms with van der Waals surface area (Å²) >= 11 is 0. The number of hydrogen-bond donors (Lipinski definition) is 0. The van der Waals surface area contributed by atoms with Crippen LogP contribution in [0.4, 0.5) is 17.6 Å². The summed E-state index contributed by atoms with van der Waals surface area (Å²) in [6.07, 6.45) is -2.27. The zero-order valence-electron chi connectivity index (χ0n) is 10.6. The van der Waals surface area contributed by atoms with E-state index in [2.05, 4.69) is 0 Å². The Morgan fingerprint density at radius 1 is 1.24 bits per heavy atom. The van der Waals surface area contributed by atoms with Crippen molar-refractivity contribution in [2.45, 2.75) is 25.1 Å². The molecular weight excluding hydrogens is 290 g/mol. The summed E-state index contributed by atoms with van der Waals surface area (Å²) in [7, 11) is 0. The van der Waals surface area contributed by atoms with Gasteiger partial charge in [-0.25, -0.2) is 4.39 Å². The van der Waals surface area contributed by atoms with Crippen LogP contribution >= 0.6 is 0 Å². The molecule has 1 aromatic carbocycles. The summed E-state index contributed by atoms with van der Waals surface area (Å²) in [5, 5.41) is -0.291. The molecule has 0 aliphatic heterocycles. The highest BCUT2D eigenvalue weighted by Gasteiger charge is 2.39. The zero-order chi connectivity index (χ0) is 15.4. The molecular formula is C14H9F4NO2. The Hall–Kier alpha value is -2.18. The highest BCUT2D eigenvalue weighted by atomic mass is 19.4. The largest absolute Gasteiger partial charge is 0.421 e. The van der Waals surface area contributed by atoms with E-state index in [4.69, 9.17) is 0 Å². The lowest BCUT2D eigenvalue weighted by atomic mass is 10.1. The first-order valence-corrected chi connectivity index (χ1v) is 6.24. The van der Waals surface area contributed by atoms with Gasteiger partial charge in [0.15, 0.2) is 11.7 Å². The molecule has 0 spiro atoms. The third-order valence-corrected chi connectivity index (χ3v) is 3.52. The van der Waals surface area contributed by atoms with Crippen molar-refractivity contribution in [1.29, 1.82) is 0 Å². The summed E-state index contributed by atoms with van der Waals surface area (Å²) in [6, 6.07) is 1.36. The molecule has 1 aliphatic carbocycles. The van der Waals surface area contributed by atoms with Crippen LogP contribution in [0.25, 0.3) is 10.9 Å². The maximum atomic E-state index is 13.7. The summed E-state index contributed by atoms with van der Waals surface area (Å²) in [5.41, 5.74) is -2.99. The number of carbonyl (C=O) groups is 1. The molecule has 0 N–H and O–H groups in total. The zero-order valence-corrected chi connectivity index (χ0v) is 10.6. The molecule has 0 unspecified atom stereocenters. The van der Waals surface area contributed by atoms with Gasteiger partial charge in [0.2, 0.25) is 0 Å². The highest BCUT2D eigenvalue weighted by molar-refractivity contribution is 5.88. The molecule has 2 aromatic rings. The first-order chi connectivity index (χ1) is 9.84. The van der Waals surface area contributed by atoms with Gasteiger partial charge in [-0.1, -0.05) is 0 Å². The molecule has 0 amide bonds. The predicted octanol–water partition coefficient (Wildman–Crippen LogP) is 3.31. The Morgan fingerprint density at radius 3 is 2.43 bits per heavy atom. The Bertz CT molecular complexity index is 803. The minimum atomic E-state index is -4.92. The normalized spacial score (nSPS) is 15.4. The molecule has 0 saturated heterocycles. The molecule has 1 aliphatic rings. The maximum Gasteiger partial charge on any atom is 0.421 e. The lowest BCUT2D eigenvalue weighted by molar-refractivity contribution is -0.138. The van der Waals surface area contributed by atoms with E-state index in [1.165, 1.54) is 4.57 Å². The highest BCUT2D eigenvalue weighted by Crippen LogP contribution is 2.41. The molecule has 0 atom stereocenters. The van der Waals surface area contributed by atoms with Crippen LogP contribution in [-0.4, -0.2) is 10.9 Å². The molecule has 110 valence electrons. The van der Waals surface area contributed by atoms with Crippen LogP contribution in [0.15, 0.2) is 23.1 Å². The van der Waals surface area contributed by atoms with Crippen LogP contribution in [-0.2, 0) is 6.18 Å².